The number of hydrogen-bond donors (Lipinski definition) is 1. The van der Waals surface area contributed by atoms with E-state index in [1.165, 1.54) is 5.56 Å². The highest BCUT2D eigenvalue weighted by atomic mass is 16.3. The fourth-order valence-corrected chi connectivity index (χ4v) is 1.91. The third kappa shape index (κ3) is 3.39. The number of hydrogen-bond acceptors (Lipinski definition) is 3. The molecule has 0 saturated heterocycles. The minimum atomic E-state index is -0.409. The number of aryl methyl sites for hydroxylation is 2. The van der Waals surface area contributed by atoms with Crippen LogP contribution in [-0.4, -0.2) is 26.2 Å². The van der Waals surface area contributed by atoms with Gasteiger partial charge in [0.15, 0.2) is 0 Å². The Balaban J connectivity index is 1.95. The Bertz CT molecular complexity index is 493. The van der Waals surface area contributed by atoms with Crippen molar-refractivity contribution in [3.05, 3.63) is 47.3 Å². The minimum absolute atomic E-state index is 0.409. The lowest BCUT2D eigenvalue weighted by Gasteiger charge is -2.09. The molecule has 0 aliphatic carbocycles. The highest BCUT2D eigenvalue weighted by molar-refractivity contribution is 5.22. The molecular weight excluding hydrogens is 214 g/mol. The van der Waals surface area contributed by atoms with Crippen LogP contribution in [0.25, 0.3) is 0 Å². The Labute approximate surface area is 101 Å². The summed E-state index contributed by atoms with van der Waals surface area (Å²) in [6, 6.07) is 8.20. The molecule has 1 aromatic carbocycles. The molecule has 0 radical (unpaired) electrons. The van der Waals surface area contributed by atoms with E-state index in [0.29, 0.717) is 12.8 Å². The molecule has 1 N–H and O–H groups in total. The molecule has 2 aromatic rings. The standard InChI is InChI=1S/C13H17N3O/c1-10-4-3-5-11(6-10)7-13(17)8-12-9-16(2)15-14-12/h3-6,9,13,17H,7-8H2,1-2H3. The summed E-state index contributed by atoms with van der Waals surface area (Å²) in [4.78, 5) is 0. The van der Waals surface area contributed by atoms with Crippen molar-refractivity contribution >= 4 is 0 Å². The molecule has 1 aromatic heterocycles. The Morgan fingerprint density at radius 3 is 2.82 bits per heavy atom. The van der Waals surface area contributed by atoms with E-state index in [1.54, 1.807) is 4.68 Å². The second kappa shape index (κ2) is 5.10. The van der Waals surface area contributed by atoms with Gasteiger partial charge in [0, 0.05) is 19.7 Å². The van der Waals surface area contributed by atoms with E-state index < -0.39 is 6.10 Å². The van der Waals surface area contributed by atoms with Crippen molar-refractivity contribution in [3.63, 3.8) is 0 Å². The van der Waals surface area contributed by atoms with E-state index >= 15 is 0 Å². The van der Waals surface area contributed by atoms with E-state index in [2.05, 4.69) is 29.4 Å². The lowest BCUT2D eigenvalue weighted by molar-refractivity contribution is 0.174. The van der Waals surface area contributed by atoms with Crippen LogP contribution in [-0.2, 0) is 19.9 Å². The molecule has 0 bridgehead atoms. The predicted octanol–water partition coefficient (Wildman–Crippen LogP) is 1.27. The van der Waals surface area contributed by atoms with Crippen molar-refractivity contribution in [1.29, 1.82) is 0 Å². The minimum Gasteiger partial charge on any atom is -0.392 e. The van der Waals surface area contributed by atoms with Gasteiger partial charge in [0.2, 0.25) is 0 Å². The van der Waals surface area contributed by atoms with Crippen molar-refractivity contribution in [2.45, 2.75) is 25.9 Å². The van der Waals surface area contributed by atoms with Crippen molar-refractivity contribution in [1.82, 2.24) is 15.0 Å². The Kier molecular flexibility index (Phi) is 3.54. The van der Waals surface area contributed by atoms with E-state index in [0.717, 1.165) is 11.3 Å². The van der Waals surface area contributed by atoms with Gasteiger partial charge >= 0.3 is 0 Å². The van der Waals surface area contributed by atoms with E-state index in [4.69, 9.17) is 0 Å². The van der Waals surface area contributed by atoms with Crippen LogP contribution < -0.4 is 0 Å². The number of aliphatic hydroxyl groups excluding tert-OH is 1. The smallest absolute Gasteiger partial charge is 0.0852 e. The topological polar surface area (TPSA) is 50.9 Å². The van der Waals surface area contributed by atoms with Crippen LogP contribution in [0.2, 0.25) is 0 Å². The van der Waals surface area contributed by atoms with Crippen molar-refractivity contribution < 1.29 is 5.11 Å². The molecule has 4 heteroatoms. The van der Waals surface area contributed by atoms with Crippen LogP contribution in [0, 0.1) is 6.92 Å². The van der Waals surface area contributed by atoms with E-state index in [1.807, 2.05) is 25.4 Å². The Morgan fingerprint density at radius 1 is 1.35 bits per heavy atom. The zero-order valence-electron chi connectivity index (χ0n) is 10.2. The fourth-order valence-electron chi connectivity index (χ4n) is 1.91. The molecule has 1 heterocycles. The fraction of sp³-hybridized carbons (Fsp3) is 0.385. The van der Waals surface area contributed by atoms with Gasteiger partial charge in [-0.25, -0.2) is 0 Å². The van der Waals surface area contributed by atoms with Gasteiger partial charge in [0.05, 0.1) is 11.8 Å². The first-order chi connectivity index (χ1) is 8.13. The molecule has 1 atom stereocenters. The zero-order chi connectivity index (χ0) is 12.3. The molecule has 0 spiro atoms. The van der Waals surface area contributed by atoms with Gasteiger partial charge in [-0.15, -0.1) is 5.10 Å². The first-order valence-corrected chi connectivity index (χ1v) is 5.72. The third-order valence-corrected chi connectivity index (χ3v) is 2.65. The summed E-state index contributed by atoms with van der Waals surface area (Å²) in [6.07, 6.45) is 2.62. The first kappa shape index (κ1) is 11.8. The third-order valence-electron chi connectivity index (χ3n) is 2.65. The molecule has 2 rings (SSSR count). The lowest BCUT2D eigenvalue weighted by atomic mass is 10.0. The molecule has 0 amide bonds. The van der Waals surface area contributed by atoms with Gasteiger partial charge in [-0.2, -0.15) is 0 Å². The molecule has 0 aliphatic rings. The van der Waals surface area contributed by atoms with Crippen molar-refractivity contribution in [2.75, 3.05) is 0 Å². The van der Waals surface area contributed by atoms with Gasteiger partial charge in [0.25, 0.3) is 0 Å². The van der Waals surface area contributed by atoms with E-state index in [9.17, 15) is 5.11 Å². The molecular formula is C13H17N3O. The van der Waals surface area contributed by atoms with Gasteiger partial charge in [-0.3, -0.25) is 4.68 Å². The summed E-state index contributed by atoms with van der Waals surface area (Å²) < 4.78 is 1.65. The SMILES string of the molecule is Cc1cccc(CC(O)Cc2cn(C)nn2)c1. The van der Waals surface area contributed by atoms with Crippen LogP contribution in [0.1, 0.15) is 16.8 Å². The number of aromatic nitrogens is 3. The quantitative estimate of drug-likeness (QED) is 0.862. The summed E-state index contributed by atoms with van der Waals surface area (Å²) in [5.41, 5.74) is 3.20. The molecule has 1 unspecified atom stereocenters. The van der Waals surface area contributed by atoms with Gasteiger partial charge in [-0.1, -0.05) is 35.0 Å². The summed E-state index contributed by atoms with van der Waals surface area (Å²) in [7, 11) is 1.82. The number of benzene rings is 1. The van der Waals surface area contributed by atoms with Crippen LogP contribution in [0.3, 0.4) is 0 Å². The second-order valence-electron chi connectivity index (χ2n) is 4.43. The normalized spacial score (nSPS) is 12.6. The molecule has 90 valence electrons. The van der Waals surface area contributed by atoms with E-state index in [-0.39, 0.29) is 0 Å². The lowest BCUT2D eigenvalue weighted by Crippen LogP contribution is -2.14. The Morgan fingerprint density at radius 2 is 2.18 bits per heavy atom. The highest BCUT2D eigenvalue weighted by Gasteiger charge is 2.09. The van der Waals surface area contributed by atoms with Crippen LogP contribution in [0.4, 0.5) is 0 Å². The summed E-state index contributed by atoms with van der Waals surface area (Å²) in [5.74, 6) is 0. The first-order valence-electron chi connectivity index (χ1n) is 5.72. The summed E-state index contributed by atoms with van der Waals surface area (Å²) >= 11 is 0. The maximum atomic E-state index is 9.98. The van der Waals surface area contributed by atoms with Crippen molar-refractivity contribution in [2.24, 2.45) is 7.05 Å². The van der Waals surface area contributed by atoms with Crippen LogP contribution >= 0.6 is 0 Å². The summed E-state index contributed by atoms with van der Waals surface area (Å²) in [6.45, 7) is 2.05. The highest BCUT2D eigenvalue weighted by Crippen LogP contribution is 2.09. The molecule has 0 fully saturated rings. The maximum absolute atomic E-state index is 9.98. The number of aliphatic hydroxyl groups is 1. The van der Waals surface area contributed by atoms with Gasteiger partial charge in [-0.05, 0) is 18.9 Å². The Hall–Kier alpha value is -1.68. The molecule has 0 aliphatic heterocycles. The van der Waals surface area contributed by atoms with Gasteiger partial charge < -0.3 is 5.11 Å². The van der Waals surface area contributed by atoms with Crippen LogP contribution in [0.5, 0.6) is 0 Å². The zero-order valence-corrected chi connectivity index (χ0v) is 10.2. The maximum Gasteiger partial charge on any atom is 0.0852 e. The average Bonchev–Trinajstić information content (AvgIpc) is 2.63. The summed E-state index contributed by atoms with van der Waals surface area (Å²) in [5, 5.41) is 17.8. The second-order valence-corrected chi connectivity index (χ2v) is 4.43. The molecule has 4 nitrogen and oxygen atoms in total. The predicted molar refractivity (Wildman–Crippen MR) is 65.6 cm³/mol. The molecule has 17 heavy (non-hydrogen) atoms. The number of nitrogens with zero attached hydrogens (tertiary/aromatic N) is 3. The van der Waals surface area contributed by atoms with Crippen molar-refractivity contribution in [3.8, 4) is 0 Å². The van der Waals surface area contributed by atoms with Crippen LogP contribution in [0.15, 0.2) is 30.5 Å². The van der Waals surface area contributed by atoms with Gasteiger partial charge in [0.1, 0.15) is 0 Å². The molecule has 0 saturated carbocycles. The number of rotatable bonds is 4. The monoisotopic (exact) mass is 231 g/mol. The largest absolute Gasteiger partial charge is 0.392 e. The average molecular weight is 231 g/mol.